The van der Waals surface area contributed by atoms with Crippen molar-refractivity contribution in [2.24, 2.45) is 0 Å². The summed E-state index contributed by atoms with van der Waals surface area (Å²) >= 11 is 0. The highest BCUT2D eigenvalue weighted by atomic mass is 16.5. The van der Waals surface area contributed by atoms with Crippen LogP contribution in [0.25, 0.3) is 28.3 Å². The lowest BCUT2D eigenvalue weighted by Crippen LogP contribution is -2.43. The normalized spacial score (nSPS) is 13.1. The zero-order valence-corrected chi connectivity index (χ0v) is 21.8. The standard InChI is InChI=1S/C29H26N10O/c1-40-27-7-2-21(18-33-27)28-34-19-39(37-28)24-5-3-23(4-6-24)35-29-32-9-8-26(36-29)22-14-20(17-30)15-25(16-22)38-12-10-31-11-13-38/h2-9,14-16,18-19,31H,10-13H2,1H3,(H,32,35,36). The minimum atomic E-state index is 0.464. The number of methoxy groups -OCH3 is 1. The molecule has 2 aromatic carbocycles. The molecule has 11 heteroatoms. The van der Waals surface area contributed by atoms with E-state index in [1.807, 2.05) is 48.5 Å². The maximum Gasteiger partial charge on any atom is 0.227 e. The fraction of sp³-hybridized carbons (Fsp3) is 0.172. The maximum absolute atomic E-state index is 9.62. The third-order valence-corrected chi connectivity index (χ3v) is 6.56. The van der Waals surface area contributed by atoms with Gasteiger partial charge >= 0.3 is 0 Å². The molecule has 1 aliphatic rings. The monoisotopic (exact) mass is 530 g/mol. The highest BCUT2D eigenvalue weighted by molar-refractivity contribution is 5.70. The number of hydrogen-bond acceptors (Lipinski definition) is 10. The van der Waals surface area contributed by atoms with Gasteiger partial charge in [-0.05, 0) is 54.6 Å². The summed E-state index contributed by atoms with van der Waals surface area (Å²) in [5.41, 5.74) is 5.73. The average Bonchev–Trinajstić information content (AvgIpc) is 3.52. The summed E-state index contributed by atoms with van der Waals surface area (Å²) in [6.07, 6.45) is 5.06. The summed E-state index contributed by atoms with van der Waals surface area (Å²) in [6.45, 7) is 3.64. The summed E-state index contributed by atoms with van der Waals surface area (Å²) in [7, 11) is 1.58. The van der Waals surface area contributed by atoms with E-state index in [1.54, 1.807) is 36.6 Å². The lowest BCUT2D eigenvalue weighted by molar-refractivity contribution is 0.398. The lowest BCUT2D eigenvalue weighted by Gasteiger charge is -2.29. The number of aromatic nitrogens is 6. The largest absolute Gasteiger partial charge is 0.481 e. The van der Waals surface area contributed by atoms with Crippen molar-refractivity contribution in [1.29, 1.82) is 5.26 Å². The Labute approximate surface area is 231 Å². The van der Waals surface area contributed by atoms with Gasteiger partial charge in [-0.3, -0.25) is 0 Å². The molecule has 1 saturated heterocycles. The zero-order chi connectivity index (χ0) is 27.3. The zero-order valence-electron chi connectivity index (χ0n) is 21.8. The Hall–Kier alpha value is -5.34. The van der Waals surface area contributed by atoms with E-state index in [1.165, 1.54) is 0 Å². The van der Waals surface area contributed by atoms with Crippen molar-refractivity contribution in [2.75, 3.05) is 43.5 Å². The van der Waals surface area contributed by atoms with Gasteiger partial charge in [-0.2, -0.15) is 5.26 Å². The van der Waals surface area contributed by atoms with Crippen molar-refractivity contribution >= 4 is 17.3 Å². The molecule has 0 atom stereocenters. The van der Waals surface area contributed by atoms with Crippen LogP contribution in [-0.4, -0.2) is 63.0 Å². The fourth-order valence-corrected chi connectivity index (χ4v) is 4.49. The molecule has 1 fully saturated rings. The first kappa shape index (κ1) is 25.0. The first-order chi connectivity index (χ1) is 19.7. The van der Waals surface area contributed by atoms with Gasteiger partial charge in [0.2, 0.25) is 11.8 Å². The highest BCUT2D eigenvalue weighted by Crippen LogP contribution is 2.27. The topological polar surface area (TPSA) is 130 Å². The molecule has 1 aliphatic heterocycles. The van der Waals surface area contributed by atoms with E-state index in [0.717, 1.165) is 60.1 Å². The second-order valence-electron chi connectivity index (χ2n) is 9.16. The molecule has 0 amide bonds. The summed E-state index contributed by atoms with van der Waals surface area (Å²) in [5.74, 6) is 1.57. The number of hydrogen-bond donors (Lipinski definition) is 2. The summed E-state index contributed by atoms with van der Waals surface area (Å²) in [5, 5.41) is 20.8. The average molecular weight is 531 g/mol. The molecule has 0 bridgehead atoms. The van der Waals surface area contributed by atoms with Crippen LogP contribution in [0.1, 0.15) is 5.56 Å². The van der Waals surface area contributed by atoms with Crippen LogP contribution in [0.2, 0.25) is 0 Å². The minimum absolute atomic E-state index is 0.464. The number of nitrogens with one attached hydrogen (secondary N) is 2. The van der Waals surface area contributed by atoms with Gasteiger partial charge < -0.3 is 20.3 Å². The Morgan fingerprint density at radius 3 is 2.52 bits per heavy atom. The second-order valence-corrected chi connectivity index (χ2v) is 9.16. The van der Waals surface area contributed by atoms with Crippen LogP contribution in [0, 0.1) is 11.3 Å². The van der Waals surface area contributed by atoms with E-state index in [9.17, 15) is 5.26 Å². The smallest absolute Gasteiger partial charge is 0.227 e. The molecule has 3 aromatic heterocycles. The Morgan fingerprint density at radius 1 is 0.925 bits per heavy atom. The number of piperazine rings is 1. The molecule has 0 saturated carbocycles. The number of pyridine rings is 1. The Morgan fingerprint density at radius 2 is 1.77 bits per heavy atom. The van der Waals surface area contributed by atoms with Crippen LogP contribution in [0.15, 0.2) is 79.4 Å². The van der Waals surface area contributed by atoms with Crippen molar-refractivity contribution in [3.63, 3.8) is 0 Å². The Kier molecular flexibility index (Phi) is 6.98. The maximum atomic E-state index is 9.62. The molecule has 0 spiro atoms. The predicted octanol–water partition coefficient (Wildman–Crippen LogP) is 3.82. The summed E-state index contributed by atoms with van der Waals surface area (Å²) in [6, 6.07) is 21.4. The molecule has 2 N–H and O–H groups in total. The van der Waals surface area contributed by atoms with Gasteiger partial charge in [-0.1, -0.05) is 0 Å². The van der Waals surface area contributed by atoms with Gasteiger partial charge in [0.1, 0.15) is 6.33 Å². The summed E-state index contributed by atoms with van der Waals surface area (Å²) < 4.78 is 6.82. The van der Waals surface area contributed by atoms with Crippen LogP contribution in [0.4, 0.5) is 17.3 Å². The van der Waals surface area contributed by atoms with Crippen molar-refractivity contribution in [1.82, 2.24) is 35.0 Å². The predicted molar refractivity (Wildman–Crippen MR) is 152 cm³/mol. The van der Waals surface area contributed by atoms with Crippen molar-refractivity contribution in [3.8, 4) is 40.3 Å². The van der Waals surface area contributed by atoms with E-state index in [2.05, 4.69) is 47.7 Å². The Bertz CT molecular complexity index is 1650. The van der Waals surface area contributed by atoms with E-state index >= 15 is 0 Å². The first-order valence-electron chi connectivity index (χ1n) is 12.8. The molecular weight excluding hydrogens is 504 g/mol. The molecule has 0 radical (unpaired) electrons. The number of nitrogens with zero attached hydrogens (tertiary/aromatic N) is 8. The molecule has 6 rings (SSSR count). The van der Waals surface area contributed by atoms with Crippen LogP contribution >= 0.6 is 0 Å². The number of ether oxygens (including phenoxy) is 1. The molecule has 11 nitrogen and oxygen atoms in total. The molecular formula is C29H26N10O. The number of rotatable bonds is 7. The number of nitriles is 1. The third kappa shape index (κ3) is 5.43. The molecule has 40 heavy (non-hydrogen) atoms. The van der Waals surface area contributed by atoms with Crippen LogP contribution in [0.5, 0.6) is 5.88 Å². The molecule has 0 unspecified atom stereocenters. The van der Waals surface area contributed by atoms with Crippen LogP contribution in [-0.2, 0) is 0 Å². The molecule has 5 aromatic rings. The van der Waals surface area contributed by atoms with Crippen molar-refractivity contribution in [2.45, 2.75) is 0 Å². The van der Waals surface area contributed by atoms with Gasteiger partial charge in [0.05, 0.1) is 30.1 Å². The van der Waals surface area contributed by atoms with E-state index < -0.39 is 0 Å². The van der Waals surface area contributed by atoms with Gasteiger partial charge in [-0.25, -0.2) is 24.6 Å². The lowest BCUT2D eigenvalue weighted by atomic mass is 10.1. The van der Waals surface area contributed by atoms with Crippen LogP contribution in [0.3, 0.4) is 0 Å². The summed E-state index contributed by atoms with van der Waals surface area (Å²) in [4.78, 5) is 20.0. The second kappa shape index (κ2) is 11.2. The van der Waals surface area contributed by atoms with E-state index in [4.69, 9.17) is 9.72 Å². The number of benzene rings is 2. The Balaban J connectivity index is 1.18. The van der Waals surface area contributed by atoms with E-state index in [0.29, 0.717) is 23.2 Å². The van der Waals surface area contributed by atoms with Crippen molar-refractivity contribution in [3.05, 3.63) is 84.9 Å². The van der Waals surface area contributed by atoms with Gasteiger partial charge in [0, 0.05) is 67.1 Å². The first-order valence-corrected chi connectivity index (χ1v) is 12.8. The van der Waals surface area contributed by atoms with Gasteiger partial charge in [0.15, 0.2) is 5.82 Å². The number of anilines is 3. The van der Waals surface area contributed by atoms with Gasteiger partial charge in [0.25, 0.3) is 0 Å². The molecule has 4 heterocycles. The minimum Gasteiger partial charge on any atom is -0.481 e. The fourth-order valence-electron chi connectivity index (χ4n) is 4.49. The quantitative estimate of drug-likeness (QED) is 0.320. The molecule has 198 valence electrons. The van der Waals surface area contributed by atoms with E-state index in [-0.39, 0.29) is 0 Å². The third-order valence-electron chi connectivity index (χ3n) is 6.56. The van der Waals surface area contributed by atoms with Gasteiger partial charge in [-0.15, -0.1) is 5.10 Å². The highest BCUT2D eigenvalue weighted by Gasteiger charge is 2.14. The van der Waals surface area contributed by atoms with Crippen molar-refractivity contribution < 1.29 is 4.74 Å². The SMILES string of the molecule is COc1ccc(-c2ncn(-c3ccc(Nc4nccc(-c5cc(C#N)cc(N6CCNCC6)c5)n4)cc3)n2)cn1. The molecule has 0 aliphatic carbocycles. The van der Waals surface area contributed by atoms with Crippen LogP contribution < -0.4 is 20.3 Å².